The molecule has 182 valence electrons. The van der Waals surface area contributed by atoms with Gasteiger partial charge in [0.15, 0.2) is 28.0 Å². The lowest BCUT2D eigenvalue weighted by atomic mass is 9.95. The number of hydrogen-bond acceptors (Lipinski definition) is 9. The van der Waals surface area contributed by atoms with E-state index in [0.717, 1.165) is 11.3 Å². The number of benzene rings is 2. The van der Waals surface area contributed by atoms with Gasteiger partial charge in [0.2, 0.25) is 5.78 Å². The van der Waals surface area contributed by atoms with Gasteiger partial charge in [-0.3, -0.25) is 14.5 Å². The minimum Gasteiger partial charge on any atom is -0.503 e. The number of rotatable bonds is 6. The van der Waals surface area contributed by atoms with Crippen molar-refractivity contribution in [2.45, 2.75) is 13.0 Å². The second kappa shape index (κ2) is 8.97. The molecule has 1 aliphatic heterocycles. The summed E-state index contributed by atoms with van der Waals surface area (Å²) < 4.78 is 15.9. The molecule has 1 N–H and O–H groups in total. The zero-order valence-electron chi connectivity index (χ0n) is 19.5. The molecular formula is C26H20N2O7S. The Morgan fingerprint density at radius 2 is 1.86 bits per heavy atom. The van der Waals surface area contributed by atoms with Crippen LogP contribution in [0.1, 0.15) is 37.5 Å². The van der Waals surface area contributed by atoms with Crippen LogP contribution >= 0.6 is 11.3 Å². The van der Waals surface area contributed by atoms with E-state index >= 15 is 0 Å². The number of thiazole rings is 1. The van der Waals surface area contributed by atoms with Crippen LogP contribution in [0.25, 0.3) is 11.0 Å². The van der Waals surface area contributed by atoms with Gasteiger partial charge < -0.3 is 19.0 Å². The van der Waals surface area contributed by atoms with E-state index in [9.17, 15) is 19.5 Å². The number of para-hydroxylation sites is 1. The summed E-state index contributed by atoms with van der Waals surface area (Å²) in [6, 6.07) is 14.6. The maximum Gasteiger partial charge on any atom is 0.350 e. The van der Waals surface area contributed by atoms with Crippen LogP contribution in [0.4, 0.5) is 5.13 Å². The number of methoxy groups -OCH3 is 2. The monoisotopic (exact) mass is 504 g/mol. The van der Waals surface area contributed by atoms with E-state index in [1.807, 2.05) is 0 Å². The molecular weight excluding hydrogens is 484 g/mol. The molecule has 4 aromatic rings. The number of ketones is 1. The zero-order chi connectivity index (χ0) is 25.6. The molecule has 0 aliphatic carbocycles. The summed E-state index contributed by atoms with van der Waals surface area (Å²) in [5.74, 6) is -2.39. The Morgan fingerprint density at radius 3 is 2.56 bits per heavy atom. The summed E-state index contributed by atoms with van der Waals surface area (Å²) in [5, 5.41) is 11.7. The topological polar surface area (TPSA) is 119 Å². The van der Waals surface area contributed by atoms with Crippen molar-refractivity contribution in [2.75, 3.05) is 19.1 Å². The highest BCUT2D eigenvalue weighted by atomic mass is 32.1. The van der Waals surface area contributed by atoms with Crippen LogP contribution in [-0.2, 0) is 9.53 Å². The number of anilines is 1. The minimum atomic E-state index is -1.00. The Labute approximate surface area is 209 Å². The second-order valence-electron chi connectivity index (χ2n) is 7.97. The standard InChI is InChI=1S/C26H20N2O7S/c1-13-23(25(32)34-3)36-26(27-13)28-19(14-8-5-4-6-9-14)18(21(30)24(28)31)20(29)17-12-15-10-7-11-16(33-2)22(15)35-17/h4-12,19,30H,1-3H3. The summed E-state index contributed by atoms with van der Waals surface area (Å²) in [7, 11) is 2.74. The third kappa shape index (κ3) is 3.62. The van der Waals surface area contributed by atoms with E-state index in [1.54, 1.807) is 61.5 Å². The molecule has 0 saturated carbocycles. The van der Waals surface area contributed by atoms with Crippen LogP contribution in [0.3, 0.4) is 0 Å². The molecule has 9 nitrogen and oxygen atoms in total. The fourth-order valence-electron chi connectivity index (χ4n) is 4.19. The molecule has 1 atom stereocenters. The molecule has 36 heavy (non-hydrogen) atoms. The second-order valence-corrected chi connectivity index (χ2v) is 8.95. The first-order chi connectivity index (χ1) is 17.3. The Balaban J connectivity index is 1.64. The van der Waals surface area contributed by atoms with Crippen LogP contribution in [0, 0.1) is 6.92 Å². The van der Waals surface area contributed by atoms with Crippen molar-refractivity contribution >= 4 is 45.1 Å². The van der Waals surface area contributed by atoms with E-state index in [1.165, 1.54) is 19.1 Å². The maximum atomic E-state index is 13.7. The highest BCUT2D eigenvalue weighted by Crippen LogP contribution is 2.44. The summed E-state index contributed by atoms with van der Waals surface area (Å²) >= 11 is 0.942. The fraction of sp³-hybridized carbons (Fsp3) is 0.154. The van der Waals surface area contributed by atoms with Crippen molar-refractivity contribution in [3.05, 3.63) is 87.8 Å². The van der Waals surface area contributed by atoms with Gasteiger partial charge in [-0.15, -0.1) is 0 Å². The molecule has 0 radical (unpaired) electrons. The lowest BCUT2D eigenvalue weighted by Crippen LogP contribution is -2.31. The van der Waals surface area contributed by atoms with E-state index in [4.69, 9.17) is 13.9 Å². The van der Waals surface area contributed by atoms with Gasteiger partial charge in [0.25, 0.3) is 5.91 Å². The summed E-state index contributed by atoms with van der Waals surface area (Å²) in [5.41, 5.74) is 1.15. The normalized spacial score (nSPS) is 15.6. The number of amides is 1. The van der Waals surface area contributed by atoms with Crippen LogP contribution in [0.2, 0.25) is 0 Å². The number of furan rings is 1. The number of carbonyl (C=O) groups excluding carboxylic acids is 3. The molecule has 10 heteroatoms. The van der Waals surface area contributed by atoms with Gasteiger partial charge in [0.05, 0.1) is 31.5 Å². The van der Waals surface area contributed by atoms with Crippen molar-refractivity contribution in [3.8, 4) is 5.75 Å². The van der Waals surface area contributed by atoms with Crippen LogP contribution < -0.4 is 9.64 Å². The number of esters is 1. The van der Waals surface area contributed by atoms with E-state index in [2.05, 4.69) is 4.98 Å². The highest BCUT2D eigenvalue weighted by molar-refractivity contribution is 7.17. The number of aryl methyl sites for hydroxylation is 1. The van der Waals surface area contributed by atoms with Crippen molar-refractivity contribution in [3.63, 3.8) is 0 Å². The molecule has 1 amide bonds. The molecule has 2 aromatic heterocycles. The van der Waals surface area contributed by atoms with Crippen LogP contribution in [0.5, 0.6) is 5.75 Å². The number of aromatic nitrogens is 1. The number of aliphatic hydroxyl groups excluding tert-OH is 1. The molecule has 1 aliphatic rings. The third-order valence-corrected chi connectivity index (χ3v) is 7.02. The minimum absolute atomic E-state index is 0.0581. The Bertz CT molecular complexity index is 1550. The largest absolute Gasteiger partial charge is 0.503 e. The van der Waals surface area contributed by atoms with Gasteiger partial charge >= 0.3 is 5.97 Å². The average Bonchev–Trinajstić information content (AvgIpc) is 3.57. The van der Waals surface area contributed by atoms with Gasteiger partial charge in [-0.25, -0.2) is 9.78 Å². The van der Waals surface area contributed by atoms with Gasteiger partial charge in [-0.05, 0) is 24.6 Å². The molecule has 0 bridgehead atoms. The lowest BCUT2D eigenvalue weighted by Gasteiger charge is -2.24. The van der Waals surface area contributed by atoms with Crippen LogP contribution in [-0.4, -0.2) is 42.0 Å². The molecule has 2 aromatic carbocycles. The quantitative estimate of drug-likeness (QED) is 0.294. The molecule has 1 unspecified atom stereocenters. The zero-order valence-corrected chi connectivity index (χ0v) is 20.3. The smallest absolute Gasteiger partial charge is 0.350 e. The Hall–Kier alpha value is -4.44. The Morgan fingerprint density at radius 1 is 1.11 bits per heavy atom. The summed E-state index contributed by atoms with van der Waals surface area (Å²) in [4.78, 5) is 45.0. The van der Waals surface area contributed by atoms with Gasteiger partial charge in [-0.2, -0.15) is 0 Å². The van der Waals surface area contributed by atoms with Gasteiger partial charge in [0.1, 0.15) is 4.88 Å². The number of hydrogen-bond donors (Lipinski definition) is 1. The van der Waals surface area contributed by atoms with Gasteiger partial charge in [0, 0.05) is 5.39 Å². The van der Waals surface area contributed by atoms with Crippen molar-refractivity contribution in [1.82, 2.24) is 4.98 Å². The van der Waals surface area contributed by atoms with E-state index < -0.39 is 29.5 Å². The number of ether oxygens (including phenoxy) is 2. The number of aliphatic hydroxyl groups is 1. The van der Waals surface area contributed by atoms with E-state index in [-0.39, 0.29) is 21.3 Å². The first-order valence-electron chi connectivity index (χ1n) is 10.8. The Kier molecular flexibility index (Phi) is 5.81. The number of nitrogens with zero attached hydrogens (tertiary/aromatic N) is 2. The highest BCUT2D eigenvalue weighted by Gasteiger charge is 2.47. The molecule has 3 heterocycles. The third-order valence-electron chi connectivity index (χ3n) is 5.88. The van der Waals surface area contributed by atoms with Crippen LogP contribution in [0.15, 0.2) is 70.3 Å². The summed E-state index contributed by atoms with van der Waals surface area (Å²) in [6.45, 7) is 1.62. The molecule has 0 fully saturated rings. The van der Waals surface area contributed by atoms with Crippen molar-refractivity contribution in [1.29, 1.82) is 0 Å². The first-order valence-corrected chi connectivity index (χ1v) is 11.7. The predicted octanol–water partition coefficient (Wildman–Crippen LogP) is 4.78. The summed E-state index contributed by atoms with van der Waals surface area (Å²) in [6.07, 6.45) is 0. The number of carbonyl (C=O) groups is 3. The predicted molar refractivity (Wildman–Crippen MR) is 132 cm³/mol. The molecule has 5 rings (SSSR count). The lowest BCUT2D eigenvalue weighted by molar-refractivity contribution is -0.117. The van der Waals surface area contributed by atoms with Crippen molar-refractivity contribution in [2.24, 2.45) is 0 Å². The molecule has 0 saturated heterocycles. The van der Waals surface area contributed by atoms with E-state index in [0.29, 0.717) is 28.0 Å². The maximum absolute atomic E-state index is 13.7. The van der Waals surface area contributed by atoms with Crippen molar-refractivity contribution < 1.29 is 33.4 Å². The van der Waals surface area contributed by atoms with Gasteiger partial charge in [-0.1, -0.05) is 53.8 Å². The number of Topliss-reactive ketones (excluding diaryl/α,β-unsaturated/α-hetero) is 1. The SMILES string of the molecule is COC(=O)c1sc(N2C(=O)C(O)=C(C(=O)c3cc4cccc(OC)c4o3)C2c2ccccc2)nc1C. The molecule has 0 spiro atoms. The first kappa shape index (κ1) is 23.3. The number of fused-ring (bicyclic) bond motifs is 1. The fourth-order valence-corrected chi connectivity index (χ4v) is 5.21. The average molecular weight is 505 g/mol.